The summed E-state index contributed by atoms with van der Waals surface area (Å²) >= 11 is 0. The topological polar surface area (TPSA) is 86.1 Å². The number of aliphatic hydroxyl groups excluding tert-OH is 1. The second kappa shape index (κ2) is 6.87. The Hall–Kier alpha value is -2.15. The van der Waals surface area contributed by atoms with Crippen LogP contribution in [-0.2, 0) is 0 Å². The van der Waals surface area contributed by atoms with Gasteiger partial charge < -0.3 is 20.1 Å². The molecule has 1 unspecified atom stereocenters. The first-order valence-electron chi connectivity index (χ1n) is 9.02. The first kappa shape index (κ1) is 17.3. The van der Waals surface area contributed by atoms with Gasteiger partial charge >= 0.3 is 0 Å². The molecule has 1 aromatic carbocycles. The molecule has 2 heterocycles. The molecule has 0 radical (unpaired) electrons. The number of nitrogens with zero attached hydrogens (tertiary/aromatic N) is 2. The molecule has 6 heteroatoms. The zero-order valence-electron chi connectivity index (χ0n) is 14.5. The van der Waals surface area contributed by atoms with Crippen LogP contribution in [0.15, 0.2) is 48.7 Å². The second-order valence-electron chi connectivity index (χ2n) is 7.47. The summed E-state index contributed by atoms with van der Waals surface area (Å²) in [5, 5.41) is 30.5. The molecule has 1 saturated carbocycles. The van der Waals surface area contributed by atoms with Crippen LogP contribution in [0.3, 0.4) is 0 Å². The van der Waals surface area contributed by atoms with Crippen molar-refractivity contribution < 1.29 is 20.1 Å². The second-order valence-corrected chi connectivity index (χ2v) is 7.47. The van der Waals surface area contributed by atoms with E-state index in [-0.39, 0.29) is 5.75 Å². The Bertz CT molecular complexity index is 723. The standard InChI is InChI=1S/C20H24N2O4/c23-16-6-7-18(21-10-16)19(24)13-22-11-14-8-20(25,9-15(14)12-22)26-17-4-2-1-3-5-17/h1-7,10,14-15,19,23-25H,8-9,11-13H2/t14-,15+,19-,20?/m1/s1. The van der Waals surface area contributed by atoms with E-state index in [1.807, 2.05) is 30.3 Å². The molecule has 6 nitrogen and oxygen atoms in total. The highest BCUT2D eigenvalue weighted by Gasteiger charge is 2.50. The fraction of sp³-hybridized carbons (Fsp3) is 0.450. The van der Waals surface area contributed by atoms with Crippen LogP contribution in [0.25, 0.3) is 0 Å². The zero-order valence-corrected chi connectivity index (χ0v) is 14.5. The predicted octanol–water partition coefficient (Wildman–Crippen LogP) is 1.93. The lowest BCUT2D eigenvalue weighted by Crippen LogP contribution is -2.36. The summed E-state index contributed by atoms with van der Waals surface area (Å²) in [6.45, 7) is 2.17. The number of aromatic nitrogens is 1. The van der Waals surface area contributed by atoms with E-state index < -0.39 is 11.9 Å². The SMILES string of the molecule is Oc1ccc([C@H](O)CN2C[C@@H]3CC(O)(Oc4ccccc4)C[C@@H]3C2)nc1. The highest BCUT2D eigenvalue weighted by Crippen LogP contribution is 2.44. The van der Waals surface area contributed by atoms with Crippen molar-refractivity contribution in [3.8, 4) is 11.5 Å². The summed E-state index contributed by atoms with van der Waals surface area (Å²) in [4.78, 5) is 6.29. The van der Waals surface area contributed by atoms with Gasteiger partial charge in [-0.05, 0) is 36.1 Å². The van der Waals surface area contributed by atoms with Gasteiger partial charge in [0.2, 0.25) is 5.79 Å². The maximum atomic E-state index is 10.8. The molecule has 0 bridgehead atoms. The smallest absolute Gasteiger partial charge is 0.208 e. The maximum absolute atomic E-state index is 10.8. The number of pyridine rings is 1. The fourth-order valence-electron chi connectivity index (χ4n) is 4.27. The normalized spacial score (nSPS) is 29.5. The molecule has 2 aliphatic rings. The number of aliphatic hydroxyl groups is 2. The van der Waals surface area contributed by atoms with Gasteiger partial charge in [-0.3, -0.25) is 9.88 Å². The number of fused-ring (bicyclic) bond motifs is 1. The lowest BCUT2D eigenvalue weighted by Gasteiger charge is -2.27. The predicted molar refractivity (Wildman–Crippen MR) is 95.5 cm³/mol. The molecule has 0 spiro atoms. The van der Waals surface area contributed by atoms with Crippen LogP contribution in [0.4, 0.5) is 0 Å². The summed E-state index contributed by atoms with van der Waals surface area (Å²) < 4.78 is 5.85. The summed E-state index contributed by atoms with van der Waals surface area (Å²) in [7, 11) is 0. The van der Waals surface area contributed by atoms with Crippen LogP contribution in [-0.4, -0.2) is 50.6 Å². The van der Waals surface area contributed by atoms with E-state index in [9.17, 15) is 15.3 Å². The van der Waals surface area contributed by atoms with E-state index in [1.54, 1.807) is 6.07 Å². The Morgan fingerprint density at radius 1 is 1.12 bits per heavy atom. The molecule has 26 heavy (non-hydrogen) atoms. The number of hydrogen-bond donors (Lipinski definition) is 3. The summed E-state index contributed by atoms with van der Waals surface area (Å²) in [5.41, 5.74) is 0.559. The van der Waals surface area contributed by atoms with Gasteiger partial charge in [0.15, 0.2) is 0 Å². The van der Waals surface area contributed by atoms with E-state index in [4.69, 9.17) is 4.74 Å². The third kappa shape index (κ3) is 3.67. The van der Waals surface area contributed by atoms with E-state index in [0.29, 0.717) is 42.7 Å². The van der Waals surface area contributed by atoms with Gasteiger partial charge in [-0.1, -0.05) is 18.2 Å². The number of hydrogen-bond acceptors (Lipinski definition) is 6. The van der Waals surface area contributed by atoms with Gasteiger partial charge in [-0.2, -0.15) is 0 Å². The van der Waals surface area contributed by atoms with E-state index >= 15 is 0 Å². The number of rotatable bonds is 5. The van der Waals surface area contributed by atoms with E-state index in [2.05, 4.69) is 9.88 Å². The van der Waals surface area contributed by atoms with Crippen LogP contribution in [0.2, 0.25) is 0 Å². The monoisotopic (exact) mass is 356 g/mol. The van der Waals surface area contributed by atoms with Crippen molar-refractivity contribution in [1.29, 1.82) is 0 Å². The number of benzene rings is 1. The molecule has 4 rings (SSSR count). The van der Waals surface area contributed by atoms with E-state index in [1.165, 1.54) is 12.3 Å². The molecule has 1 aromatic heterocycles. The highest BCUT2D eigenvalue weighted by molar-refractivity contribution is 5.22. The molecule has 1 aliphatic carbocycles. The molecule has 2 aromatic rings. The van der Waals surface area contributed by atoms with Crippen LogP contribution in [0, 0.1) is 11.8 Å². The Morgan fingerprint density at radius 2 is 1.81 bits per heavy atom. The van der Waals surface area contributed by atoms with Gasteiger partial charge in [0.05, 0.1) is 11.9 Å². The van der Waals surface area contributed by atoms with Crippen molar-refractivity contribution in [2.75, 3.05) is 19.6 Å². The average Bonchev–Trinajstić information content (AvgIpc) is 3.10. The van der Waals surface area contributed by atoms with E-state index in [0.717, 1.165) is 13.1 Å². The molecule has 1 saturated heterocycles. The largest absolute Gasteiger partial charge is 0.506 e. The van der Waals surface area contributed by atoms with Crippen molar-refractivity contribution in [2.45, 2.75) is 24.7 Å². The molecule has 0 amide bonds. The number of β-amino-alcohol motifs (C(OH)–C–C–N with tert-alkyl or cyclic N) is 1. The molecule has 138 valence electrons. The highest BCUT2D eigenvalue weighted by atomic mass is 16.6. The van der Waals surface area contributed by atoms with Crippen molar-refractivity contribution in [2.24, 2.45) is 11.8 Å². The van der Waals surface area contributed by atoms with Crippen LogP contribution < -0.4 is 4.74 Å². The quantitative estimate of drug-likeness (QED) is 0.710. The summed E-state index contributed by atoms with van der Waals surface area (Å²) in [6, 6.07) is 12.6. The van der Waals surface area contributed by atoms with Crippen LogP contribution in [0.5, 0.6) is 11.5 Å². The molecular formula is C20H24N2O4. The molecule has 2 fully saturated rings. The van der Waals surface area contributed by atoms with Gasteiger partial charge in [-0.25, -0.2) is 0 Å². The molecule has 3 N–H and O–H groups in total. The van der Waals surface area contributed by atoms with Gasteiger partial charge in [0.25, 0.3) is 0 Å². The van der Waals surface area contributed by atoms with Crippen molar-refractivity contribution in [3.63, 3.8) is 0 Å². The first-order valence-corrected chi connectivity index (χ1v) is 9.02. The van der Waals surface area contributed by atoms with Crippen LogP contribution >= 0.6 is 0 Å². The van der Waals surface area contributed by atoms with Crippen molar-refractivity contribution in [1.82, 2.24) is 9.88 Å². The average molecular weight is 356 g/mol. The summed E-state index contributed by atoms with van der Waals surface area (Å²) in [5.74, 6) is 0.419. The van der Waals surface area contributed by atoms with Crippen LogP contribution in [0.1, 0.15) is 24.6 Å². The van der Waals surface area contributed by atoms with Gasteiger partial charge in [-0.15, -0.1) is 0 Å². The number of aromatic hydroxyl groups is 1. The zero-order chi connectivity index (χ0) is 18.1. The Balaban J connectivity index is 1.32. The lowest BCUT2D eigenvalue weighted by atomic mass is 10.0. The van der Waals surface area contributed by atoms with Gasteiger partial charge in [0, 0.05) is 32.5 Å². The first-order chi connectivity index (χ1) is 12.5. The van der Waals surface area contributed by atoms with Crippen molar-refractivity contribution >= 4 is 0 Å². The van der Waals surface area contributed by atoms with Gasteiger partial charge in [0.1, 0.15) is 17.6 Å². The Morgan fingerprint density at radius 3 is 2.42 bits per heavy atom. The van der Waals surface area contributed by atoms with Crippen molar-refractivity contribution in [3.05, 3.63) is 54.4 Å². The summed E-state index contributed by atoms with van der Waals surface area (Å²) in [6.07, 6.45) is 1.87. The molecule has 4 atom stereocenters. The molecular weight excluding hydrogens is 332 g/mol. The third-order valence-electron chi connectivity index (χ3n) is 5.41. The lowest BCUT2D eigenvalue weighted by molar-refractivity contribution is -0.137. The minimum atomic E-state index is -1.10. The fourth-order valence-corrected chi connectivity index (χ4v) is 4.27. The Labute approximate surface area is 152 Å². The minimum absolute atomic E-state index is 0.0920. The number of ether oxygens (including phenoxy) is 1. The Kier molecular flexibility index (Phi) is 4.56. The number of likely N-dealkylation sites (tertiary alicyclic amines) is 1. The third-order valence-corrected chi connectivity index (χ3v) is 5.41. The minimum Gasteiger partial charge on any atom is -0.506 e. The maximum Gasteiger partial charge on any atom is 0.208 e. The molecule has 1 aliphatic heterocycles. The number of para-hydroxylation sites is 1.